The summed E-state index contributed by atoms with van der Waals surface area (Å²) in [5, 5.41) is 11.2. The third-order valence-corrected chi connectivity index (χ3v) is 3.39. The van der Waals surface area contributed by atoms with Gasteiger partial charge in [-0.1, -0.05) is 36.4 Å². The van der Waals surface area contributed by atoms with Crippen LogP contribution in [0.1, 0.15) is 5.56 Å². The van der Waals surface area contributed by atoms with E-state index in [9.17, 15) is 0 Å². The van der Waals surface area contributed by atoms with E-state index in [-0.39, 0.29) is 0 Å². The van der Waals surface area contributed by atoms with Gasteiger partial charge in [-0.25, -0.2) is 0 Å². The zero-order chi connectivity index (χ0) is 13.9. The molecule has 96 valence electrons. The molecule has 0 saturated carbocycles. The Morgan fingerprint density at radius 3 is 2.15 bits per heavy atom. The second-order valence-electron chi connectivity index (χ2n) is 4.59. The van der Waals surface area contributed by atoms with E-state index in [1.807, 2.05) is 42.5 Å². The summed E-state index contributed by atoms with van der Waals surface area (Å²) in [6.07, 6.45) is 0. The van der Waals surface area contributed by atoms with Gasteiger partial charge in [0.15, 0.2) is 0 Å². The van der Waals surface area contributed by atoms with Gasteiger partial charge < -0.3 is 4.74 Å². The Kier molecular flexibility index (Phi) is 3.10. The Bertz CT molecular complexity index is 798. The molecule has 0 aliphatic heterocycles. The van der Waals surface area contributed by atoms with Crippen LogP contribution in [0.5, 0.6) is 5.75 Å². The molecule has 0 heterocycles. The fraction of sp³-hybridized carbons (Fsp3) is 0.0556. The number of rotatable bonds is 2. The van der Waals surface area contributed by atoms with E-state index in [1.165, 1.54) is 5.39 Å². The molecule has 3 rings (SSSR count). The van der Waals surface area contributed by atoms with Crippen LogP contribution < -0.4 is 4.74 Å². The SMILES string of the molecule is COc1cc2ccccc2cc1-c1ccc(C#N)cc1. The van der Waals surface area contributed by atoms with Gasteiger partial charge >= 0.3 is 0 Å². The van der Waals surface area contributed by atoms with Gasteiger partial charge in [-0.05, 0) is 40.6 Å². The summed E-state index contributed by atoms with van der Waals surface area (Å²) in [4.78, 5) is 0. The minimum atomic E-state index is 0.661. The number of hydrogen-bond acceptors (Lipinski definition) is 2. The third-order valence-electron chi connectivity index (χ3n) is 3.39. The molecule has 0 atom stereocenters. The summed E-state index contributed by atoms with van der Waals surface area (Å²) in [5.74, 6) is 0.841. The maximum absolute atomic E-state index is 8.87. The lowest BCUT2D eigenvalue weighted by molar-refractivity contribution is 0.417. The van der Waals surface area contributed by atoms with Crippen molar-refractivity contribution >= 4 is 10.8 Å². The molecule has 0 saturated heterocycles. The van der Waals surface area contributed by atoms with Crippen molar-refractivity contribution in [1.82, 2.24) is 0 Å². The van der Waals surface area contributed by atoms with Gasteiger partial charge in [0.2, 0.25) is 0 Å². The molecule has 0 N–H and O–H groups in total. The van der Waals surface area contributed by atoms with E-state index in [2.05, 4.69) is 24.3 Å². The maximum Gasteiger partial charge on any atom is 0.127 e. The third kappa shape index (κ3) is 2.10. The molecule has 0 spiro atoms. The summed E-state index contributed by atoms with van der Waals surface area (Å²) in [6, 6.07) is 22.0. The summed E-state index contributed by atoms with van der Waals surface area (Å²) in [6.45, 7) is 0. The Morgan fingerprint density at radius 1 is 0.900 bits per heavy atom. The van der Waals surface area contributed by atoms with E-state index in [0.29, 0.717) is 5.56 Å². The predicted octanol–water partition coefficient (Wildman–Crippen LogP) is 4.39. The van der Waals surface area contributed by atoms with Crippen molar-refractivity contribution < 1.29 is 4.74 Å². The average molecular weight is 259 g/mol. The highest BCUT2D eigenvalue weighted by molar-refractivity contribution is 5.90. The van der Waals surface area contributed by atoms with Crippen LogP contribution in [-0.4, -0.2) is 7.11 Å². The molecule has 20 heavy (non-hydrogen) atoms. The molecule has 2 heteroatoms. The smallest absolute Gasteiger partial charge is 0.127 e. The quantitative estimate of drug-likeness (QED) is 0.684. The van der Waals surface area contributed by atoms with Crippen LogP contribution in [-0.2, 0) is 0 Å². The van der Waals surface area contributed by atoms with Gasteiger partial charge in [0.25, 0.3) is 0 Å². The predicted molar refractivity (Wildman–Crippen MR) is 80.7 cm³/mol. The van der Waals surface area contributed by atoms with Crippen LogP contribution in [0, 0.1) is 11.3 Å². The van der Waals surface area contributed by atoms with Crippen LogP contribution in [0.25, 0.3) is 21.9 Å². The Balaban J connectivity index is 2.20. The summed E-state index contributed by atoms with van der Waals surface area (Å²) < 4.78 is 5.50. The van der Waals surface area contributed by atoms with Crippen molar-refractivity contribution in [3.8, 4) is 22.9 Å². The first-order valence-corrected chi connectivity index (χ1v) is 6.39. The molecule has 0 aliphatic rings. The molecule has 3 aromatic carbocycles. The number of ether oxygens (including phenoxy) is 1. The topological polar surface area (TPSA) is 33.0 Å². The zero-order valence-corrected chi connectivity index (χ0v) is 11.1. The number of nitrogens with zero attached hydrogens (tertiary/aromatic N) is 1. The van der Waals surface area contributed by atoms with Gasteiger partial charge in [0.1, 0.15) is 5.75 Å². The summed E-state index contributed by atoms with van der Waals surface area (Å²) >= 11 is 0. The minimum absolute atomic E-state index is 0.661. The highest BCUT2D eigenvalue weighted by Gasteiger charge is 2.07. The van der Waals surface area contributed by atoms with Gasteiger partial charge in [-0.2, -0.15) is 5.26 Å². The molecule has 0 amide bonds. The van der Waals surface area contributed by atoms with E-state index < -0.39 is 0 Å². The Labute approximate surface area is 117 Å². The highest BCUT2D eigenvalue weighted by Crippen LogP contribution is 2.34. The van der Waals surface area contributed by atoms with Crippen LogP contribution in [0.2, 0.25) is 0 Å². The fourth-order valence-electron chi connectivity index (χ4n) is 2.34. The lowest BCUT2D eigenvalue weighted by Gasteiger charge is -2.11. The first-order valence-electron chi connectivity index (χ1n) is 6.39. The van der Waals surface area contributed by atoms with Crippen molar-refractivity contribution in [2.45, 2.75) is 0 Å². The monoisotopic (exact) mass is 259 g/mol. The van der Waals surface area contributed by atoms with Crippen LogP contribution in [0.15, 0.2) is 60.7 Å². The van der Waals surface area contributed by atoms with Gasteiger partial charge in [-0.15, -0.1) is 0 Å². The molecule has 0 bridgehead atoms. The summed E-state index contributed by atoms with van der Waals surface area (Å²) in [5.41, 5.74) is 2.75. The molecule has 0 aromatic heterocycles. The maximum atomic E-state index is 8.87. The molecule has 0 radical (unpaired) electrons. The van der Waals surface area contributed by atoms with E-state index in [4.69, 9.17) is 10.00 Å². The van der Waals surface area contributed by atoms with Crippen molar-refractivity contribution in [2.24, 2.45) is 0 Å². The lowest BCUT2D eigenvalue weighted by Crippen LogP contribution is -1.89. The van der Waals surface area contributed by atoms with Gasteiger partial charge in [0.05, 0.1) is 18.7 Å². The molecule has 2 nitrogen and oxygen atoms in total. The standard InChI is InChI=1S/C18H13NO/c1-20-18-11-16-5-3-2-4-15(16)10-17(18)14-8-6-13(12-19)7-9-14/h2-11H,1H3. The largest absolute Gasteiger partial charge is 0.496 e. The molecule has 0 fully saturated rings. The van der Waals surface area contributed by atoms with Crippen molar-refractivity contribution in [1.29, 1.82) is 5.26 Å². The molecular formula is C18H13NO. The Morgan fingerprint density at radius 2 is 1.55 bits per heavy atom. The number of nitriles is 1. The van der Waals surface area contributed by atoms with Crippen molar-refractivity contribution in [3.05, 3.63) is 66.2 Å². The second-order valence-corrected chi connectivity index (χ2v) is 4.59. The fourth-order valence-corrected chi connectivity index (χ4v) is 2.34. The van der Waals surface area contributed by atoms with E-state index >= 15 is 0 Å². The second kappa shape index (κ2) is 5.07. The number of benzene rings is 3. The van der Waals surface area contributed by atoms with Gasteiger partial charge in [-0.3, -0.25) is 0 Å². The highest BCUT2D eigenvalue weighted by atomic mass is 16.5. The van der Waals surface area contributed by atoms with Crippen molar-refractivity contribution in [2.75, 3.05) is 7.11 Å². The average Bonchev–Trinajstić information content (AvgIpc) is 2.53. The lowest BCUT2D eigenvalue weighted by atomic mass is 9.99. The zero-order valence-electron chi connectivity index (χ0n) is 11.1. The first-order chi connectivity index (χ1) is 9.81. The van der Waals surface area contributed by atoms with Crippen LogP contribution in [0.4, 0.5) is 0 Å². The molecule has 0 aliphatic carbocycles. The minimum Gasteiger partial charge on any atom is -0.496 e. The van der Waals surface area contributed by atoms with E-state index in [0.717, 1.165) is 22.3 Å². The normalized spacial score (nSPS) is 10.2. The Hall–Kier alpha value is -2.79. The van der Waals surface area contributed by atoms with Crippen molar-refractivity contribution in [3.63, 3.8) is 0 Å². The van der Waals surface area contributed by atoms with Crippen LogP contribution >= 0.6 is 0 Å². The molecule has 3 aromatic rings. The number of fused-ring (bicyclic) bond motifs is 1. The summed E-state index contributed by atoms with van der Waals surface area (Å²) in [7, 11) is 1.68. The van der Waals surface area contributed by atoms with E-state index in [1.54, 1.807) is 7.11 Å². The number of hydrogen-bond donors (Lipinski definition) is 0. The molecule has 0 unspecified atom stereocenters. The van der Waals surface area contributed by atoms with Gasteiger partial charge in [0, 0.05) is 5.56 Å². The molecular weight excluding hydrogens is 246 g/mol. The number of methoxy groups -OCH3 is 1. The van der Waals surface area contributed by atoms with Crippen LogP contribution in [0.3, 0.4) is 0 Å². The first kappa shape index (κ1) is 12.3.